The summed E-state index contributed by atoms with van der Waals surface area (Å²) in [5, 5.41) is 5.60. The topological polar surface area (TPSA) is 44.8 Å². The molecule has 1 fully saturated rings. The summed E-state index contributed by atoms with van der Waals surface area (Å²) in [5.41, 5.74) is 2.15. The Bertz CT molecular complexity index is 1050. The smallest absolute Gasteiger partial charge is 0.259 e. The molecule has 0 spiro atoms. The fourth-order valence-corrected chi connectivity index (χ4v) is 3.95. The third-order valence-corrected chi connectivity index (χ3v) is 5.66. The van der Waals surface area contributed by atoms with E-state index in [9.17, 15) is 4.79 Å². The second-order valence-electron chi connectivity index (χ2n) is 7.31. The van der Waals surface area contributed by atoms with Gasteiger partial charge in [0.1, 0.15) is 5.75 Å². The van der Waals surface area contributed by atoms with Gasteiger partial charge in [-0.05, 0) is 48.2 Å². The van der Waals surface area contributed by atoms with Gasteiger partial charge in [-0.25, -0.2) is 0 Å². The van der Waals surface area contributed by atoms with Crippen LogP contribution in [0.1, 0.15) is 10.4 Å². The molecule has 1 amide bonds. The third kappa shape index (κ3) is 4.16. The molecule has 0 aromatic heterocycles. The summed E-state index contributed by atoms with van der Waals surface area (Å²) < 4.78 is 5.45. The maximum absolute atomic E-state index is 12.9. The normalized spacial score (nSPS) is 14.8. The molecule has 0 saturated carbocycles. The number of ether oxygens (including phenoxy) is 1. The van der Waals surface area contributed by atoms with Gasteiger partial charge in [-0.3, -0.25) is 4.79 Å². The Morgan fingerprint density at radius 3 is 2.34 bits per heavy atom. The van der Waals surface area contributed by atoms with Crippen molar-refractivity contribution in [3.63, 3.8) is 0 Å². The van der Waals surface area contributed by atoms with Crippen molar-refractivity contribution in [3.05, 3.63) is 65.2 Å². The van der Waals surface area contributed by atoms with Gasteiger partial charge < -0.3 is 19.9 Å². The number of methoxy groups -OCH3 is 1. The van der Waals surface area contributed by atoms with Crippen LogP contribution in [0.5, 0.6) is 5.75 Å². The first kappa shape index (κ1) is 19.6. The molecule has 0 unspecified atom stereocenters. The summed E-state index contributed by atoms with van der Waals surface area (Å²) in [7, 11) is 3.70. The maximum atomic E-state index is 12.9. The van der Waals surface area contributed by atoms with Crippen LogP contribution in [0.2, 0.25) is 5.02 Å². The molecule has 5 nitrogen and oxygen atoms in total. The number of nitrogens with one attached hydrogen (secondary N) is 1. The van der Waals surface area contributed by atoms with E-state index in [-0.39, 0.29) is 5.91 Å². The van der Waals surface area contributed by atoms with Crippen molar-refractivity contribution in [2.75, 3.05) is 50.6 Å². The van der Waals surface area contributed by atoms with Crippen LogP contribution in [0.3, 0.4) is 0 Å². The maximum Gasteiger partial charge on any atom is 0.259 e. The van der Waals surface area contributed by atoms with E-state index in [1.54, 1.807) is 13.2 Å². The molecule has 0 bridgehead atoms. The predicted octanol–water partition coefficient (Wildman–Crippen LogP) is 4.51. The van der Waals surface area contributed by atoms with Crippen molar-refractivity contribution in [2.45, 2.75) is 0 Å². The van der Waals surface area contributed by atoms with Crippen molar-refractivity contribution in [3.8, 4) is 5.75 Å². The van der Waals surface area contributed by atoms with E-state index in [0.29, 0.717) is 22.0 Å². The van der Waals surface area contributed by atoms with Crippen LogP contribution < -0.4 is 15.0 Å². The number of carbonyl (C=O) groups excluding carboxylic acids is 1. The number of carbonyl (C=O) groups is 1. The first-order chi connectivity index (χ1) is 14.0. The number of hydrogen-bond donors (Lipinski definition) is 1. The lowest BCUT2D eigenvalue weighted by Crippen LogP contribution is -2.44. The van der Waals surface area contributed by atoms with Crippen LogP contribution in [0.15, 0.2) is 54.6 Å². The fraction of sp³-hybridized carbons (Fsp3) is 0.261. The summed E-state index contributed by atoms with van der Waals surface area (Å²) >= 11 is 6.53. The van der Waals surface area contributed by atoms with E-state index in [4.69, 9.17) is 16.3 Å². The summed E-state index contributed by atoms with van der Waals surface area (Å²) in [6.45, 7) is 3.90. The summed E-state index contributed by atoms with van der Waals surface area (Å²) in [4.78, 5) is 17.5. The molecule has 3 aromatic carbocycles. The van der Waals surface area contributed by atoms with E-state index in [0.717, 1.165) is 42.6 Å². The van der Waals surface area contributed by atoms with Crippen molar-refractivity contribution < 1.29 is 9.53 Å². The molecule has 6 heteroatoms. The van der Waals surface area contributed by atoms with Gasteiger partial charge in [-0.15, -0.1) is 0 Å². The summed E-state index contributed by atoms with van der Waals surface area (Å²) in [6, 6.07) is 17.3. The molecule has 150 valence electrons. The average molecular weight is 410 g/mol. The zero-order chi connectivity index (χ0) is 20.4. The number of likely N-dealkylation sites (N-methyl/N-ethyl adjacent to an activating group) is 1. The molecule has 1 N–H and O–H groups in total. The van der Waals surface area contributed by atoms with Crippen LogP contribution in [0.4, 0.5) is 11.4 Å². The lowest BCUT2D eigenvalue weighted by atomic mass is 10.1. The van der Waals surface area contributed by atoms with Crippen LogP contribution in [-0.4, -0.2) is 51.1 Å². The highest BCUT2D eigenvalue weighted by molar-refractivity contribution is 6.33. The summed E-state index contributed by atoms with van der Waals surface area (Å²) in [5.74, 6) is 0.317. The molecule has 0 radical (unpaired) electrons. The van der Waals surface area contributed by atoms with Crippen LogP contribution in [0.25, 0.3) is 10.8 Å². The van der Waals surface area contributed by atoms with E-state index >= 15 is 0 Å². The standard InChI is InChI=1S/C23H24ClN3O2/c1-26-9-11-27(12-10-26)21-8-7-18(15-20(21)24)25-23(28)19-13-16-5-3-4-6-17(16)14-22(19)29-2/h3-8,13-15H,9-12H2,1-2H3,(H,25,28). The molecular weight excluding hydrogens is 386 g/mol. The van der Waals surface area contributed by atoms with Gasteiger partial charge >= 0.3 is 0 Å². The first-order valence-electron chi connectivity index (χ1n) is 9.66. The fourth-order valence-electron chi connectivity index (χ4n) is 3.65. The van der Waals surface area contributed by atoms with Gasteiger partial charge in [0.15, 0.2) is 0 Å². The zero-order valence-electron chi connectivity index (χ0n) is 16.6. The minimum atomic E-state index is -0.226. The Morgan fingerprint density at radius 2 is 1.69 bits per heavy atom. The highest BCUT2D eigenvalue weighted by Crippen LogP contribution is 2.31. The van der Waals surface area contributed by atoms with Gasteiger partial charge in [0.2, 0.25) is 0 Å². The monoisotopic (exact) mass is 409 g/mol. The predicted molar refractivity (Wildman–Crippen MR) is 120 cm³/mol. The molecule has 1 saturated heterocycles. The van der Waals surface area contributed by atoms with Gasteiger partial charge in [0.05, 0.1) is 23.4 Å². The van der Waals surface area contributed by atoms with Crippen molar-refractivity contribution in [1.82, 2.24) is 4.90 Å². The Balaban J connectivity index is 1.55. The van der Waals surface area contributed by atoms with E-state index in [1.807, 2.05) is 48.5 Å². The number of amides is 1. The largest absolute Gasteiger partial charge is 0.496 e. The minimum Gasteiger partial charge on any atom is -0.496 e. The number of rotatable bonds is 4. The molecule has 29 heavy (non-hydrogen) atoms. The quantitative estimate of drug-likeness (QED) is 0.688. The van der Waals surface area contributed by atoms with Crippen LogP contribution in [-0.2, 0) is 0 Å². The van der Waals surface area contributed by atoms with Crippen molar-refractivity contribution in [2.24, 2.45) is 0 Å². The van der Waals surface area contributed by atoms with E-state index < -0.39 is 0 Å². The average Bonchev–Trinajstić information content (AvgIpc) is 2.73. The lowest BCUT2D eigenvalue weighted by Gasteiger charge is -2.34. The molecule has 1 aliphatic rings. The second kappa shape index (κ2) is 8.31. The number of hydrogen-bond acceptors (Lipinski definition) is 4. The molecular formula is C23H24ClN3O2. The van der Waals surface area contributed by atoms with E-state index in [1.165, 1.54) is 0 Å². The SMILES string of the molecule is COc1cc2ccccc2cc1C(=O)Nc1ccc(N2CCN(C)CC2)c(Cl)c1. The Kier molecular flexibility index (Phi) is 5.60. The number of nitrogens with zero attached hydrogens (tertiary/aromatic N) is 2. The zero-order valence-corrected chi connectivity index (χ0v) is 17.4. The number of halogens is 1. The van der Waals surface area contributed by atoms with Gasteiger partial charge in [0.25, 0.3) is 5.91 Å². The third-order valence-electron chi connectivity index (χ3n) is 5.36. The molecule has 4 rings (SSSR count). The van der Waals surface area contributed by atoms with Crippen LogP contribution >= 0.6 is 11.6 Å². The minimum absolute atomic E-state index is 0.226. The van der Waals surface area contributed by atoms with Gasteiger partial charge in [0, 0.05) is 31.9 Å². The highest BCUT2D eigenvalue weighted by atomic mass is 35.5. The highest BCUT2D eigenvalue weighted by Gasteiger charge is 2.18. The van der Waals surface area contributed by atoms with Crippen molar-refractivity contribution >= 4 is 39.7 Å². The van der Waals surface area contributed by atoms with Crippen LogP contribution in [0, 0.1) is 0 Å². The van der Waals surface area contributed by atoms with Gasteiger partial charge in [-0.2, -0.15) is 0 Å². The number of fused-ring (bicyclic) bond motifs is 1. The molecule has 3 aromatic rings. The molecule has 0 atom stereocenters. The molecule has 1 heterocycles. The van der Waals surface area contributed by atoms with Crippen molar-refractivity contribution in [1.29, 1.82) is 0 Å². The number of benzene rings is 3. The number of anilines is 2. The van der Waals surface area contributed by atoms with Gasteiger partial charge in [-0.1, -0.05) is 35.9 Å². The Hall–Kier alpha value is -2.76. The van der Waals surface area contributed by atoms with E-state index in [2.05, 4.69) is 22.2 Å². The summed E-state index contributed by atoms with van der Waals surface area (Å²) in [6.07, 6.45) is 0. The Morgan fingerprint density at radius 1 is 1.00 bits per heavy atom. The Labute approximate surface area is 175 Å². The molecule has 1 aliphatic heterocycles. The molecule has 0 aliphatic carbocycles. The second-order valence-corrected chi connectivity index (χ2v) is 7.72. The number of piperazine rings is 1. The first-order valence-corrected chi connectivity index (χ1v) is 10.0. The lowest BCUT2D eigenvalue weighted by molar-refractivity contribution is 0.102.